The second kappa shape index (κ2) is 6.10. The minimum Gasteiger partial charge on any atom is -0.380 e. The second-order valence-corrected chi connectivity index (χ2v) is 3.92. The lowest BCUT2D eigenvalue weighted by Crippen LogP contribution is -2.11. The van der Waals surface area contributed by atoms with E-state index in [9.17, 15) is 10.1 Å². The molecule has 0 aliphatic carbocycles. The molecule has 0 atom stereocenters. The van der Waals surface area contributed by atoms with Crippen LogP contribution in [0.25, 0.3) is 10.9 Å². The summed E-state index contributed by atoms with van der Waals surface area (Å²) in [7, 11) is 0. The Balaban J connectivity index is 2.35. The Bertz CT molecular complexity index is 586. The number of rotatable bonds is 6. The summed E-state index contributed by atoms with van der Waals surface area (Å²) in [6, 6.07) is 7.33. The fraction of sp³-hybridized carbons (Fsp3) is 0.308. The largest absolute Gasteiger partial charge is 0.380 e. The van der Waals surface area contributed by atoms with Gasteiger partial charge in [0.05, 0.1) is 17.0 Å². The van der Waals surface area contributed by atoms with Crippen LogP contribution < -0.4 is 5.32 Å². The summed E-state index contributed by atoms with van der Waals surface area (Å²) in [5.41, 5.74) is 1.21. The van der Waals surface area contributed by atoms with Crippen molar-refractivity contribution in [3.63, 3.8) is 0 Å². The first-order valence-electron chi connectivity index (χ1n) is 6.07. The van der Waals surface area contributed by atoms with E-state index in [1.165, 1.54) is 6.20 Å². The van der Waals surface area contributed by atoms with E-state index < -0.39 is 4.92 Å². The van der Waals surface area contributed by atoms with Crippen LogP contribution in [0.5, 0.6) is 0 Å². The van der Waals surface area contributed by atoms with Crippen molar-refractivity contribution in [3.05, 3.63) is 40.6 Å². The number of hydrogen-bond acceptors (Lipinski definition) is 5. The van der Waals surface area contributed by atoms with Crippen molar-refractivity contribution in [2.24, 2.45) is 0 Å². The first-order valence-corrected chi connectivity index (χ1v) is 6.07. The summed E-state index contributed by atoms with van der Waals surface area (Å²) in [6.07, 6.45) is 1.28. The molecule has 0 unspecified atom stereocenters. The smallest absolute Gasteiger partial charge is 0.311 e. The summed E-state index contributed by atoms with van der Waals surface area (Å²) in [5.74, 6) is 0. The van der Waals surface area contributed by atoms with E-state index in [0.717, 1.165) is 10.9 Å². The first-order chi connectivity index (χ1) is 9.24. The molecule has 0 amide bonds. The van der Waals surface area contributed by atoms with Gasteiger partial charge in [0.2, 0.25) is 0 Å². The number of nitrogens with one attached hydrogen (secondary N) is 1. The van der Waals surface area contributed by atoms with Gasteiger partial charge in [-0.05, 0) is 13.0 Å². The number of benzene rings is 1. The molecule has 1 aromatic heterocycles. The molecule has 1 heterocycles. The number of aromatic nitrogens is 1. The lowest BCUT2D eigenvalue weighted by Gasteiger charge is -2.09. The predicted octanol–water partition coefficient (Wildman–Crippen LogP) is 2.59. The highest BCUT2D eigenvalue weighted by Crippen LogP contribution is 2.30. The Labute approximate surface area is 110 Å². The van der Waals surface area contributed by atoms with Gasteiger partial charge in [0.1, 0.15) is 11.9 Å². The van der Waals surface area contributed by atoms with Crippen LogP contribution in [0.1, 0.15) is 6.92 Å². The molecule has 6 heteroatoms. The summed E-state index contributed by atoms with van der Waals surface area (Å²) < 4.78 is 5.22. The lowest BCUT2D eigenvalue weighted by molar-refractivity contribution is -0.384. The van der Waals surface area contributed by atoms with Crippen molar-refractivity contribution in [3.8, 4) is 0 Å². The first kappa shape index (κ1) is 13.2. The molecule has 2 rings (SSSR count). The van der Waals surface area contributed by atoms with Crippen molar-refractivity contribution >= 4 is 22.3 Å². The predicted molar refractivity (Wildman–Crippen MR) is 73.4 cm³/mol. The molecule has 0 saturated heterocycles. The van der Waals surface area contributed by atoms with Crippen molar-refractivity contribution in [1.82, 2.24) is 4.98 Å². The summed E-state index contributed by atoms with van der Waals surface area (Å²) in [6.45, 7) is 3.55. The molecule has 100 valence electrons. The quantitative estimate of drug-likeness (QED) is 0.491. The third-order valence-electron chi connectivity index (χ3n) is 2.70. The molecule has 1 aromatic carbocycles. The Morgan fingerprint density at radius 2 is 2.21 bits per heavy atom. The number of nitrogens with zero attached hydrogens (tertiary/aromatic N) is 2. The van der Waals surface area contributed by atoms with Crippen molar-refractivity contribution in [2.45, 2.75) is 6.92 Å². The molecule has 2 aromatic rings. The van der Waals surface area contributed by atoms with Gasteiger partial charge < -0.3 is 10.1 Å². The molecule has 0 bridgehead atoms. The van der Waals surface area contributed by atoms with E-state index in [0.29, 0.717) is 25.4 Å². The van der Waals surface area contributed by atoms with E-state index in [1.54, 1.807) is 0 Å². The molecule has 0 saturated carbocycles. The molecule has 0 radical (unpaired) electrons. The van der Waals surface area contributed by atoms with Crippen molar-refractivity contribution in [1.29, 1.82) is 0 Å². The monoisotopic (exact) mass is 261 g/mol. The van der Waals surface area contributed by atoms with Crippen LogP contribution in [0.2, 0.25) is 0 Å². The van der Waals surface area contributed by atoms with Crippen LogP contribution in [-0.4, -0.2) is 29.7 Å². The number of anilines is 1. The van der Waals surface area contributed by atoms with Gasteiger partial charge >= 0.3 is 5.69 Å². The third kappa shape index (κ3) is 2.97. The second-order valence-electron chi connectivity index (χ2n) is 3.92. The maximum atomic E-state index is 11.0. The van der Waals surface area contributed by atoms with Gasteiger partial charge in [-0.25, -0.2) is 4.98 Å². The average molecular weight is 261 g/mol. The van der Waals surface area contributed by atoms with Gasteiger partial charge in [-0.2, -0.15) is 0 Å². The lowest BCUT2D eigenvalue weighted by atomic mass is 10.1. The van der Waals surface area contributed by atoms with Gasteiger partial charge in [0.15, 0.2) is 0 Å². The van der Waals surface area contributed by atoms with Gasteiger partial charge in [0, 0.05) is 18.5 Å². The van der Waals surface area contributed by atoms with E-state index in [2.05, 4.69) is 10.3 Å². The Morgan fingerprint density at radius 3 is 2.95 bits per heavy atom. The minimum absolute atomic E-state index is 0.0183. The van der Waals surface area contributed by atoms with Crippen molar-refractivity contribution < 1.29 is 9.66 Å². The Hall–Kier alpha value is -2.21. The molecule has 19 heavy (non-hydrogen) atoms. The van der Waals surface area contributed by atoms with Crippen LogP contribution in [0.4, 0.5) is 11.4 Å². The number of nitro groups is 1. The SMILES string of the molecule is CCOCCNc1c([N+](=O)[O-])cnc2ccccc12. The summed E-state index contributed by atoms with van der Waals surface area (Å²) in [5, 5.41) is 14.9. The Kier molecular flexibility index (Phi) is 4.25. The van der Waals surface area contributed by atoms with E-state index in [1.807, 2.05) is 31.2 Å². The highest BCUT2D eigenvalue weighted by Gasteiger charge is 2.17. The van der Waals surface area contributed by atoms with E-state index >= 15 is 0 Å². The van der Waals surface area contributed by atoms with E-state index in [4.69, 9.17) is 4.74 Å². The topological polar surface area (TPSA) is 77.3 Å². The molecular weight excluding hydrogens is 246 g/mol. The molecule has 6 nitrogen and oxygen atoms in total. The number of pyridine rings is 1. The number of hydrogen-bond donors (Lipinski definition) is 1. The van der Waals surface area contributed by atoms with Gasteiger partial charge in [-0.15, -0.1) is 0 Å². The zero-order valence-corrected chi connectivity index (χ0v) is 10.6. The number of para-hydroxylation sites is 1. The molecule has 0 aliphatic heterocycles. The summed E-state index contributed by atoms with van der Waals surface area (Å²) >= 11 is 0. The highest BCUT2D eigenvalue weighted by molar-refractivity contribution is 5.95. The fourth-order valence-corrected chi connectivity index (χ4v) is 1.85. The molecule has 0 aliphatic rings. The van der Waals surface area contributed by atoms with Crippen LogP contribution >= 0.6 is 0 Å². The van der Waals surface area contributed by atoms with Gasteiger partial charge in [0.25, 0.3) is 0 Å². The number of fused-ring (bicyclic) bond motifs is 1. The fourth-order valence-electron chi connectivity index (χ4n) is 1.85. The average Bonchev–Trinajstić information content (AvgIpc) is 2.43. The van der Waals surface area contributed by atoms with Crippen LogP contribution in [0.3, 0.4) is 0 Å². The molecule has 0 spiro atoms. The Morgan fingerprint density at radius 1 is 1.42 bits per heavy atom. The third-order valence-corrected chi connectivity index (χ3v) is 2.70. The maximum Gasteiger partial charge on any atom is 0.311 e. The van der Waals surface area contributed by atoms with E-state index in [-0.39, 0.29) is 5.69 Å². The molecule has 1 N–H and O–H groups in total. The van der Waals surface area contributed by atoms with Crippen LogP contribution in [0, 0.1) is 10.1 Å². The van der Waals surface area contributed by atoms with Gasteiger partial charge in [-0.3, -0.25) is 10.1 Å². The molecule has 0 fully saturated rings. The zero-order chi connectivity index (χ0) is 13.7. The van der Waals surface area contributed by atoms with Crippen molar-refractivity contribution in [2.75, 3.05) is 25.1 Å². The zero-order valence-electron chi connectivity index (χ0n) is 10.6. The van der Waals surface area contributed by atoms with Gasteiger partial charge in [-0.1, -0.05) is 18.2 Å². The summed E-state index contributed by atoms with van der Waals surface area (Å²) in [4.78, 5) is 14.7. The van der Waals surface area contributed by atoms with Crippen LogP contribution in [0.15, 0.2) is 30.5 Å². The maximum absolute atomic E-state index is 11.0. The minimum atomic E-state index is -0.428. The molecular formula is C13H15N3O3. The number of ether oxygens (including phenoxy) is 1. The van der Waals surface area contributed by atoms with Crippen LogP contribution in [-0.2, 0) is 4.74 Å². The standard InChI is InChI=1S/C13H15N3O3/c1-2-19-8-7-14-13-10-5-3-4-6-11(10)15-9-12(13)16(17)18/h3-6,9H,2,7-8H2,1H3,(H,14,15). The normalized spacial score (nSPS) is 10.6. The highest BCUT2D eigenvalue weighted by atomic mass is 16.6.